The monoisotopic (exact) mass is 397 g/mol. The average Bonchev–Trinajstić information content (AvgIpc) is 3.08. The number of esters is 1. The summed E-state index contributed by atoms with van der Waals surface area (Å²) in [5, 5.41) is 3.52. The zero-order valence-corrected chi connectivity index (χ0v) is 17.0. The van der Waals surface area contributed by atoms with Gasteiger partial charge in [0.1, 0.15) is 0 Å². The molecule has 1 amide bonds. The number of rotatable bonds is 7. The third kappa shape index (κ3) is 4.20. The van der Waals surface area contributed by atoms with Gasteiger partial charge in [-0.25, -0.2) is 9.78 Å². The lowest BCUT2D eigenvalue weighted by Crippen LogP contribution is -2.17. The van der Waals surface area contributed by atoms with Crippen molar-refractivity contribution in [3.63, 3.8) is 0 Å². The van der Waals surface area contributed by atoms with Gasteiger partial charge in [-0.3, -0.25) is 4.79 Å². The van der Waals surface area contributed by atoms with Crippen molar-refractivity contribution in [2.24, 2.45) is 0 Å². The fourth-order valence-electron chi connectivity index (χ4n) is 2.96. The van der Waals surface area contributed by atoms with Gasteiger partial charge < -0.3 is 14.6 Å². The lowest BCUT2D eigenvalue weighted by Gasteiger charge is -2.07. The van der Waals surface area contributed by atoms with E-state index in [9.17, 15) is 9.59 Å². The van der Waals surface area contributed by atoms with Crippen LogP contribution in [0.3, 0.4) is 0 Å². The molecule has 2 aromatic carbocycles. The Bertz CT molecular complexity index is 1010. The van der Waals surface area contributed by atoms with E-state index in [1.54, 1.807) is 43.9 Å². The number of imidazole rings is 1. The fourth-order valence-corrected chi connectivity index (χ4v) is 3.98. The van der Waals surface area contributed by atoms with Crippen molar-refractivity contribution in [3.8, 4) is 0 Å². The number of carbonyl (C=O) groups excluding carboxylic acids is 2. The van der Waals surface area contributed by atoms with Gasteiger partial charge in [-0.2, -0.15) is 0 Å². The lowest BCUT2D eigenvalue weighted by atomic mass is 10.1. The number of nitrogens with one attached hydrogen (secondary N) is 1. The van der Waals surface area contributed by atoms with Crippen LogP contribution in [0.1, 0.15) is 40.1 Å². The average molecular weight is 398 g/mol. The molecule has 1 aromatic heterocycles. The molecule has 3 rings (SSSR count). The number of benzene rings is 2. The number of carbonyl (C=O) groups is 2. The highest BCUT2D eigenvalue weighted by atomic mass is 32.2. The molecule has 0 aliphatic heterocycles. The molecule has 0 radical (unpaired) electrons. The van der Waals surface area contributed by atoms with E-state index in [-0.39, 0.29) is 11.9 Å². The number of ether oxygens (including phenoxy) is 1. The first-order chi connectivity index (χ1) is 13.6. The molecular weight excluding hydrogens is 374 g/mol. The molecule has 0 unspecified atom stereocenters. The van der Waals surface area contributed by atoms with E-state index in [1.807, 2.05) is 24.3 Å². The van der Waals surface area contributed by atoms with Crippen molar-refractivity contribution >= 4 is 34.7 Å². The molecular formula is C21H23N3O3S. The fraction of sp³-hybridized carbons (Fsp3) is 0.286. The summed E-state index contributed by atoms with van der Waals surface area (Å²) < 4.78 is 7.20. The smallest absolute Gasteiger partial charge is 0.338 e. The Kier molecular flexibility index (Phi) is 6.36. The summed E-state index contributed by atoms with van der Waals surface area (Å²) in [6.07, 6.45) is 0. The number of hydrogen-bond acceptors (Lipinski definition) is 5. The molecule has 6 nitrogen and oxygen atoms in total. The second-order valence-corrected chi connectivity index (χ2v) is 7.07. The Morgan fingerprint density at radius 2 is 1.96 bits per heavy atom. The van der Waals surface area contributed by atoms with Crippen LogP contribution in [0.2, 0.25) is 0 Å². The molecule has 0 aliphatic rings. The van der Waals surface area contributed by atoms with Crippen molar-refractivity contribution in [1.82, 2.24) is 14.9 Å². The van der Waals surface area contributed by atoms with Crippen molar-refractivity contribution in [2.45, 2.75) is 31.3 Å². The molecule has 0 bridgehead atoms. The van der Waals surface area contributed by atoms with Crippen LogP contribution < -0.4 is 5.32 Å². The zero-order chi connectivity index (χ0) is 20.1. The highest BCUT2D eigenvalue weighted by molar-refractivity contribution is 7.98. The summed E-state index contributed by atoms with van der Waals surface area (Å²) in [6.45, 7) is 4.97. The number of hydrogen-bond donors (Lipinski definition) is 1. The van der Waals surface area contributed by atoms with E-state index in [0.717, 1.165) is 28.3 Å². The van der Waals surface area contributed by atoms with Crippen molar-refractivity contribution in [3.05, 3.63) is 59.2 Å². The summed E-state index contributed by atoms with van der Waals surface area (Å²) >= 11 is 1.61. The first kappa shape index (κ1) is 19.9. The highest BCUT2D eigenvalue weighted by Crippen LogP contribution is 2.28. The molecule has 1 N–H and O–H groups in total. The zero-order valence-electron chi connectivity index (χ0n) is 16.2. The van der Waals surface area contributed by atoms with Crippen LogP contribution in [0, 0.1) is 0 Å². The van der Waals surface area contributed by atoms with Crippen LogP contribution in [0.15, 0.2) is 47.6 Å². The molecule has 0 saturated heterocycles. The van der Waals surface area contributed by atoms with Crippen LogP contribution >= 0.6 is 11.8 Å². The van der Waals surface area contributed by atoms with Gasteiger partial charge in [0.05, 0.1) is 23.2 Å². The quantitative estimate of drug-likeness (QED) is 0.484. The molecule has 28 heavy (non-hydrogen) atoms. The Hall–Kier alpha value is -2.80. The minimum Gasteiger partial charge on any atom is -0.462 e. The minimum absolute atomic E-state index is 0.0980. The summed E-state index contributed by atoms with van der Waals surface area (Å²) in [4.78, 5) is 28.5. The predicted octanol–water partition coefficient (Wildman–Crippen LogP) is 3.88. The number of fused-ring (bicyclic) bond motifs is 1. The van der Waals surface area contributed by atoms with Crippen molar-refractivity contribution in [1.29, 1.82) is 0 Å². The largest absolute Gasteiger partial charge is 0.462 e. The summed E-state index contributed by atoms with van der Waals surface area (Å²) in [5.41, 5.74) is 3.95. The first-order valence-electron chi connectivity index (χ1n) is 9.18. The minimum atomic E-state index is -0.337. The number of aryl methyl sites for hydroxylation is 1. The summed E-state index contributed by atoms with van der Waals surface area (Å²) in [6, 6.07) is 13.0. The second kappa shape index (κ2) is 8.93. The normalized spacial score (nSPS) is 10.8. The third-order valence-electron chi connectivity index (χ3n) is 4.32. The van der Waals surface area contributed by atoms with Crippen LogP contribution in [-0.2, 0) is 17.0 Å². The maximum Gasteiger partial charge on any atom is 0.338 e. The van der Waals surface area contributed by atoms with Crippen molar-refractivity contribution < 1.29 is 14.3 Å². The second-order valence-electron chi connectivity index (χ2n) is 6.13. The Morgan fingerprint density at radius 3 is 2.68 bits per heavy atom. The molecule has 1 heterocycles. The molecule has 0 aliphatic carbocycles. The molecule has 146 valence electrons. The number of aromatic nitrogens is 2. The number of thioether (sulfide) groups is 1. The maximum absolute atomic E-state index is 12.0. The number of amides is 1. The topological polar surface area (TPSA) is 73.2 Å². The van der Waals surface area contributed by atoms with E-state index >= 15 is 0 Å². The van der Waals surface area contributed by atoms with Crippen LogP contribution in [-0.4, -0.2) is 35.1 Å². The maximum atomic E-state index is 12.0. The van der Waals surface area contributed by atoms with Gasteiger partial charge in [-0.1, -0.05) is 23.9 Å². The van der Waals surface area contributed by atoms with Gasteiger partial charge in [0.15, 0.2) is 5.16 Å². The first-order valence-corrected chi connectivity index (χ1v) is 10.2. The van der Waals surface area contributed by atoms with E-state index in [4.69, 9.17) is 9.72 Å². The SMILES string of the molecule is CCOC(=O)c1ccc2c(c1)nc(SCc1cccc(C(=O)NC)c1)n2CC. The van der Waals surface area contributed by atoms with E-state index in [1.165, 1.54) is 0 Å². The number of nitrogens with zero attached hydrogens (tertiary/aromatic N) is 2. The Labute approximate surface area is 168 Å². The van der Waals surface area contributed by atoms with Gasteiger partial charge in [-0.05, 0) is 49.7 Å². The molecule has 0 atom stereocenters. The van der Waals surface area contributed by atoms with Gasteiger partial charge in [0, 0.05) is 24.9 Å². The predicted molar refractivity (Wildman–Crippen MR) is 111 cm³/mol. The molecule has 7 heteroatoms. The highest BCUT2D eigenvalue weighted by Gasteiger charge is 2.14. The van der Waals surface area contributed by atoms with Crippen molar-refractivity contribution in [2.75, 3.05) is 13.7 Å². The van der Waals surface area contributed by atoms with Gasteiger partial charge in [0.25, 0.3) is 5.91 Å². The van der Waals surface area contributed by atoms with E-state index < -0.39 is 0 Å². The molecule has 0 fully saturated rings. The van der Waals surface area contributed by atoms with Gasteiger partial charge in [0.2, 0.25) is 0 Å². The van der Waals surface area contributed by atoms with Gasteiger partial charge in [-0.15, -0.1) is 0 Å². The van der Waals surface area contributed by atoms with Crippen LogP contribution in [0.25, 0.3) is 11.0 Å². The summed E-state index contributed by atoms with van der Waals surface area (Å²) in [7, 11) is 1.62. The summed E-state index contributed by atoms with van der Waals surface area (Å²) in [5.74, 6) is 0.258. The van der Waals surface area contributed by atoms with Crippen LogP contribution in [0.4, 0.5) is 0 Å². The van der Waals surface area contributed by atoms with E-state index in [0.29, 0.717) is 23.5 Å². The Balaban J connectivity index is 1.84. The lowest BCUT2D eigenvalue weighted by molar-refractivity contribution is 0.0526. The molecule has 0 saturated carbocycles. The third-order valence-corrected chi connectivity index (χ3v) is 5.37. The van der Waals surface area contributed by atoms with Gasteiger partial charge >= 0.3 is 5.97 Å². The standard InChI is InChI=1S/C21H23N3O3S/c1-4-24-18-10-9-16(20(26)27-5-2)12-17(18)23-21(24)28-13-14-7-6-8-15(11-14)19(25)22-3/h6-12H,4-5,13H2,1-3H3,(H,22,25). The molecule has 0 spiro atoms. The molecule has 3 aromatic rings. The van der Waals surface area contributed by atoms with E-state index in [2.05, 4.69) is 16.8 Å². The van der Waals surface area contributed by atoms with Crippen LogP contribution in [0.5, 0.6) is 0 Å². The Morgan fingerprint density at radius 1 is 1.14 bits per heavy atom.